The van der Waals surface area contributed by atoms with Gasteiger partial charge in [-0.3, -0.25) is 14.9 Å². The number of urea groups is 1. The molecule has 8 heteroatoms. The number of benzene rings is 1. The number of hydrogen-bond donors (Lipinski definition) is 2. The van der Waals surface area contributed by atoms with E-state index in [0.717, 1.165) is 0 Å². The number of nitrogens with zero attached hydrogens (tertiary/aromatic N) is 2. The quantitative estimate of drug-likeness (QED) is 0.620. The van der Waals surface area contributed by atoms with Gasteiger partial charge >= 0.3 is 6.03 Å². The van der Waals surface area contributed by atoms with E-state index < -0.39 is 4.92 Å². The molecule has 1 aromatic rings. The van der Waals surface area contributed by atoms with E-state index in [4.69, 9.17) is 0 Å². The van der Waals surface area contributed by atoms with Crippen LogP contribution in [-0.4, -0.2) is 41.4 Å². The topological polar surface area (TPSA) is 105 Å². The summed E-state index contributed by atoms with van der Waals surface area (Å²) < 4.78 is 0. The number of carbonyl (C=O) groups is 2. The molecule has 0 unspecified atom stereocenters. The van der Waals surface area contributed by atoms with Crippen LogP contribution in [0.2, 0.25) is 0 Å². The second-order valence-corrected chi connectivity index (χ2v) is 4.32. The number of nitrogens with one attached hydrogen (secondary N) is 2. The average molecular weight is 278 g/mol. The number of amides is 3. The highest BCUT2D eigenvalue weighted by atomic mass is 16.6. The Morgan fingerprint density at radius 3 is 2.65 bits per heavy atom. The first kappa shape index (κ1) is 13.8. The van der Waals surface area contributed by atoms with Crippen molar-refractivity contribution in [3.05, 3.63) is 34.4 Å². The molecule has 0 saturated carbocycles. The molecular weight excluding hydrogens is 264 g/mol. The van der Waals surface area contributed by atoms with E-state index in [1.54, 1.807) is 0 Å². The Balaban J connectivity index is 1.96. The van der Waals surface area contributed by atoms with E-state index in [1.807, 2.05) is 0 Å². The van der Waals surface area contributed by atoms with Crippen molar-refractivity contribution in [2.75, 3.05) is 25.0 Å². The summed E-state index contributed by atoms with van der Waals surface area (Å²) in [6, 6.07) is 5.26. The van der Waals surface area contributed by atoms with Crippen molar-refractivity contribution in [1.82, 2.24) is 10.2 Å². The molecule has 106 valence electrons. The molecular formula is C12H14N4O4. The number of anilines is 1. The van der Waals surface area contributed by atoms with E-state index in [2.05, 4.69) is 10.6 Å². The lowest BCUT2D eigenvalue weighted by Crippen LogP contribution is -2.37. The molecule has 2 rings (SSSR count). The van der Waals surface area contributed by atoms with Gasteiger partial charge in [0.1, 0.15) is 0 Å². The van der Waals surface area contributed by atoms with Crippen LogP contribution in [0.4, 0.5) is 16.2 Å². The third-order valence-electron chi connectivity index (χ3n) is 2.93. The van der Waals surface area contributed by atoms with Crippen LogP contribution in [0.15, 0.2) is 24.3 Å². The van der Waals surface area contributed by atoms with E-state index in [0.29, 0.717) is 25.3 Å². The molecule has 1 aromatic carbocycles. The molecule has 8 nitrogen and oxygen atoms in total. The normalized spacial score (nSPS) is 15.2. The van der Waals surface area contributed by atoms with Gasteiger partial charge in [-0.1, -0.05) is 0 Å². The molecule has 1 heterocycles. The summed E-state index contributed by atoms with van der Waals surface area (Å²) in [6.07, 6.45) is 0.272. The maximum atomic E-state index is 12.0. The zero-order chi connectivity index (χ0) is 14.5. The fraction of sp³-hybridized carbons (Fsp3) is 0.333. The minimum absolute atomic E-state index is 0.0347. The van der Waals surface area contributed by atoms with Crippen molar-refractivity contribution in [3.63, 3.8) is 0 Å². The third kappa shape index (κ3) is 3.44. The van der Waals surface area contributed by atoms with Gasteiger partial charge in [-0.15, -0.1) is 0 Å². The van der Waals surface area contributed by atoms with Gasteiger partial charge in [-0.25, -0.2) is 4.79 Å². The number of nitro benzene ring substituents is 1. The summed E-state index contributed by atoms with van der Waals surface area (Å²) in [5, 5.41) is 15.8. The fourth-order valence-corrected chi connectivity index (χ4v) is 1.84. The van der Waals surface area contributed by atoms with Crippen molar-refractivity contribution in [2.24, 2.45) is 0 Å². The fourth-order valence-electron chi connectivity index (χ4n) is 1.84. The second-order valence-electron chi connectivity index (χ2n) is 4.32. The number of non-ortho nitro benzene ring substituents is 1. The highest BCUT2D eigenvalue weighted by Gasteiger charge is 2.18. The molecule has 0 aromatic heterocycles. The maximum absolute atomic E-state index is 12.0. The summed E-state index contributed by atoms with van der Waals surface area (Å²) in [4.78, 5) is 34.7. The average Bonchev–Trinajstić information content (AvgIpc) is 2.64. The molecule has 1 saturated heterocycles. The zero-order valence-corrected chi connectivity index (χ0v) is 10.7. The summed E-state index contributed by atoms with van der Waals surface area (Å²) in [5.74, 6) is -0.0735. The zero-order valence-electron chi connectivity index (χ0n) is 10.7. The number of carbonyl (C=O) groups excluding carboxylic acids is 2. The molecule has 1 fully saturated rings. The predicted octanol–water partition coefficient (Wildman–Crippen LogP) is 0.949. The van der Waals surface area contributed by atoms with E-state index in [-0.39, 0.29) is 24.0 Å². The van der Waals surface area contributed by atoms with Crippen LogP contribution in [0.3, 0.4) is 0 Å². The third-order valence-corrected chi connectivity index (χ3v) is 2.93. The first-order valence-corrected chi connectivity index (χ1v) is 6.13. The molecule has 0 atom stereocenters. The van der Waals surface area contributed by atoms with E-state index >= 15 is 0 Å². The van der Waals surface area contributed by atoms with E-state index in [9.17, 15) is 19.7 Å². The number of nitro groups is 1. The standard InChI is InChI=1S/C12H14N4O4/c17-11-5-7-15(8-6-13-11)12(18)14-9-1-3-10(4-2-9)16(19)20/h1-4H,5-8H2,(H,13,17)(H,14,18). The Labute approximate surface area is 114 Å². The van der Waals surface area contributed by atoms with Crippen molar-refractivity contribution < 1.29 is 14.5 Å². The van der Waals surface area contributed by atoms with Gasteiger partial charge in [0, 0.05) is 43.9 Å². The Morgan fingerprint density at radius 2 is 2.00 bits per heavy atom. The summed E-state index contributed by atoms with van der Waals surface area (Å²) in [7, 11) is 0. The van der Waals surface area contributed by atoms with Gasteiger partial charge in [0.05, 0.1) is 4.92 Å². The lowest BCUT2D eigenvalue weighted by atomic mass is 10.3. The SMILES string of the molecule is O=C1CCN(C(=O)Nc2ccc([N+](=O)[O-])cc2)CCN1. The minimum Gasteiger partial charge on any atom is -0.354 e. The molecule has 20 heavy (non-hydrogen) atoms. The van der Waals surface area contributed by atoms with Crippen LogP contribution in [-0.2, 0) is 4.79 Å². The van der Waals surface area contributed by atoms with Crippen LogP contribution in [0.25, 0.3) is 0 Å². The van der Waals surface area contributed by atoms with Crippen LogP contribution in [0, 0.1) is 10.1 Å². The number of hydrogen-bond acceptors (Lipinski definition) is 4. The van der Waals surface area contributed by atoms with Gasteiger partial charge < -0.3 is 15.5 Å². The van der Waals surface area contributed by atoms with Crippen LogP contribution in [0.1, 0.15) is 6.42 Å². The summed E-state index contributed by atoms with van der Waals surface area (Å²) in [5.41, 5.74) is 0.441. The predicted molar refractivity (Wildman–Crippen MR) is 71.3 cm³/mol. The first-order valence-electron chi connectivity index (χ1n) is 6.13. The monoisotopic (exact) mass is 278 g/mol. The minimum atomic E-state index is -0.502. The molecule has 3 amide bonds. The Bertz CT molecular complexity index is 529. The lowest BCUT2D eigenvalue weighted by Gasteiger charge is -2.19. The molecule has 1 aliphatic rings. The van der Waals surface area contributed by atoms with Crippen LogP contribution < -0.4 is 10.6 Å². The Kier molecular flexibility index (Phi) is 4.14. The largest absolute Gasteiger partial charge is 0.354 e. The van der Waals surface area contributed by atoms with Crippen LogP contribution >= 0.6 is 0 Å². The Morgan fingerprint density at radius 1 is 1.30 bits per heavy atom. The maximum Gasteiger partial charge on any atom is 0.321 e. The van der Waals surface area contributed by atoms with Gasteiger partial charge in [0.15, 0.2) is 0 Å². The van der Waals surface area contributed by atoms with Gasteiger partial charge in [0.25, 0.3) is 5.69 Å². The van der Waals surface area contributed by atoms with E-state index in [1.165, 1.54) is 29.2 Å². The molecule has 2 N–H and O–H groups in total. The van der Waals surface area contributed by atoms with Crippen molar-refractivity contribution >= 4 is 23.3 Å². The smallest absolute Gasteiger partial charge is 0.321 e. The highest BCUT2D eigenvalue weighted by molar-refractivity contribution is 5.90. The van der Waals surface area contributed by atoms with Crippen LogP contribution in [0.5, 0.6) is 0 Å². The molecule has 0 aliphatic carbocycles. The molecule has 1 aliphatic heterocycles. The van der Waals surface area contributed by atoms with Crippen molar-refractivity contribution in [3.8, 4) is 0 Å². The molecule has 0 bridgehead atoms. The Hall–Kier alpha value is -2.64. The van der Waals surface area contributed by atoms with Crippen molar-refractivity contribution in [1.29, 1.82) is 0 Å². The van der Waals surface area contributed by atoms with Gasteiger partial charge in [-0.2, -0.15) is 0 Å². The summed E-state index contributed by atoms with van der Waals surface area (Å²) in [6.45, 7) is 1.21. The van der Waals surface area contributed by atoms with Gasteiger partial charge in [-0.05, 0) is 12.1 Å². The first-order chi connectivity index (χ1) is 9.56. The second kappa shape index (κ2) is 6.00. The molecule has 0 spiro atoms. The van der Waals surface area contributed by atoms with Gasteiger partial charge in [0.2, 0.25) is 5.91 Å². The summed E-state index contributed by atoms with van der Waals surface area (Å²) >= 11 is 0. The highest BCUT2D eigenvalue weighted by Crippen LogP contribution is 2.15. The number of rotatable bonds is 2. The lowest BCUT2D eigenvalue weighted by molar-refractivity contribution is -0.384. The molecule has 0 radical (unpaired) electrons. The van der Waals surface area contributed by atoms with Crippen molar-refractivity contribution in [2.45, 2.75) is 6.42 Å².